The van der Waals surface area contributed by atoms with E-state index >= 15 is 0 Å². The second kappa shape index (κ2) is 5.70. The van der Waals surface area contributed by atoms with E-state index in [-0.39, 0.29) is 0 Å². The summed E-state index contributed by atoms with van der Waals surface area (Å²) in [6.07, 6.45) is 6.46. The minimum atomic E-state index is 0.805. The number of nitrogens with zero attached hydrogens (tertiary/aromatic N) is 3. The molecule has 0 aliphatic heterocycles. The third-order valence-electron chi connectivity index (χ3n) is 3.21. The Balaban J connectivity index is 2.25. The van der Waals surface area contributed by atoms with E-state index in [0.717, 1.165) is 29.7 Å². The van der Waals surface area contributed by atoms with Crippen molar-refractivity contribution in [2.75, 3.05) is 13.6 Å². The van der Waals surface area contributed by atoms with Crippen LogP contribution in [0.1, 0.15) is 30.9 Å². The van der Waals surface area contributed by atoms with E-state index < -0.39 is 0 Å². The van der Waals surface area contributed by atoms with Gasteiger partial charge in [-0.1, -0.05) is 19.4 Å². The van der Waals surface area contributed by atoms with E-state index in [4.69, 9.17) is 0 Å². The van der Waals surface area contributed by atoms with E-state index in [1.807, 2.05) is 28.8 Å². The van der Waals surface area contributed by atoms with Crippen molar-refractivity contribution in [3.05, 3.63) is 41.7 Å². The molecule has 0 saturated heterocycles. The molecule has 3 heteroatoms. The second-order valence-corrected chi connectivity index (χ2v) is 4.73. The molecule has 3 nitrogen and oxygen atoms in total. The maximum absolute atomic E-state index is 9.31. The van der Waals surface area contributed by atoms with Crippen molar-refractivity contribution in [3.8, 4) is 6.07 Å². The van der Waals surface area contributed by atoms with Crippen LogP contribution in [-0.4, -0.2) is 22.9 Å². The zero-order chi connectivity index (χ0) is 13.0. The molecule has 0 fully saturated rings. The smallest absolute Gasteiger partial charge is 0.102 e. The van der Waals surface area contributed by atoms with Gasteiger partial charge < -0.3 is 9.30 Å². The molecule has 18 heavy (non-hydrogen) atoms. The summed E-state index contributed by atoms with van der Waals surface area (Å²) >= 11 is 0. The van der Waals surface area contributed by atoms with Crippen LogP contribution in [0.4, 0.5) is 0 Å². The van der Waals surface area contributed by atoms with Crippen molar-refractivity contribution in [1.29, 1.82) is 5.26 Å². The zero-order valence-corrected chi connectivity index (χ0v) is 11.1. The molecular formula is C15H19N3. The number of fused-ring (bicyclic) bond motifs is 1. The molecule has 94 valence electrons. The predicted molar refractivity (Wildman–Crippen MR) is 73.4 cm³/mol. The summed E-state index contributed by atoms with van der Waals surface area (Å²) in [6, 6.07) is 8.28. The zero-order valence-electron chi connectivity index (χ0n) is 11.1. The second-order valence-electron chi connectivity index (χ2n) is 4.73. The monoisotopic (exact) mass is 241 g/mol. The van der Waals surface area contributed by atoms with E-state index in [0.29, 0.717) is 0 Å². The Labute approximate surface area is 108 Å². The van der Waals surface area contributed by atoms with Gasteiger partial charge in [-0.15, -0.1) is 0 Å². The quantitative estimate of drug-likeness (QED) is 0.805. The van der Waals surface area contributed by atoms with E-state index in [1.165, 1.54) is 12.8 Å². The molecule has 0 aliphatic rings. The number of unbranched alkanes of at least 4 members (excludes halogenated alkanes) is 1. The van der Waals surface area contributed by atoms with E-state index in [9.17, 15) is 5.26 Å². The lowest BCUT2D eigenvalue weighted by atomic mass is 10.1. The summed E-state index contributed by atoms with van der Waals surface area (Å²) in [7, 11) is 2.11. The fraction of sp³-hybridized carbons (Fsp3) is 0.400. The van der Waals surface area contributed by atoms with Crippen LogP contribution in [-0.2, 0) is 6.54 Å². The van der Waals surface area contributed by atoms with Crippen LogP contribution in [0.3, 0.4) is 0 Å². The highest BCUT2D eigenvalue weighted by atomic mass is 15.1. The number of hydrogen-bond donors (Lipinski definition) is 0. The molecule has 0 N–H and O–H groups in total. The van der Waals surface area contributed by atoms with Crippen molar-refractivity contribution in [2.24, 2.45) is 0 Å². The standard InChI is InChI=1S/C15H19N3/c1-3-4-8-17(2)11-13-12-18-9-6-5-7-15(18)14(13)10-16/h5-7,9,12H,3-4,8,11H2,1-2H3. The first kappa shape index (κ1) is 12.7. The largest absolute Gasteiger partial charge is 0.322 e. The predicted octanol–water partition coefficient (Wildman–Crippen LogP) is 3.04. The molecule has 2 heterocycles. The fourth-order valence-corrected chi connectivity index (χ4v) is 2.22. The van der Waals surface area contributed by atoms with Crippen LogP contribution in [0.25, 0.3) is 5.52 Å². The van der Waals surface area contributed by atoms with Crippen LogP contribution in [0, 0.1) is 11.3 Å². The number of pyridine rings is 1. The molecular weight excluding hydrogens is 222 g/mol. The van der Waals surface area contributed by atoms with Crippen molar-refractivity contribution >= 4 is 5.52 Å². The Bertz CT molecular complexity index is 563. The highest BCUT2D eigenvalue weighted by Crippen LogP contribution is 2.19. The number of hydrogen-bond acceptors (Lipinski definition) is 2. The van der Waals surface area contributed by atoms with Gasteiger partial charge in [0.2, 0.25) is 0 Å². The first-order chi connectivity index (χ1) is 8.76. The summed E-state index contributed by atoms with van der Waals surface area (Å²) in [5.41, 5.74) is 2.92. The van der Waals surface area contributed by atoms with Gasteiger partial charge in [-0.3, -0.25) is 0 Å². The molecule has 0 radical (unpaired) electrons. The Morgan fingerprint density at radius 1 is 1.39 bits per heavy atom. The van der Waals surface area contributed by atoms with Crippen LogP contribution in [0.2, 0.25) is 0 Å². The van der Waals surface area contributed by atoms with Gasteiger partial charge in [0.05, 0.1) is 11.1 Å². The maximum Gasteiger partial charge on any atom is 0.102 e. The summed E-state index contributed by atoms with van der Waals surface area (Å²) < 4.78 is 2.03. The highest BCUT2D eigenvalue weighted by molar-refractivity contribution is 5.65. The summed E-state index contributed by atoms with van der Waals surface area (Å²) in [5, 5.41) is 9.31. The van der Waals surface area contributed by atoms with Gasteiger partial charge in [0, 0.05) is 24.5 Å². The fourth-order valence-electron chi connectivity index (χ4n) is 2.22. The lowest BCUT2D eigenvalue weighted by molar-refractivity contribution is 0.320. The first-order valence-electron chi connectivity index (χ1n) is 6.43. The van der Waals surface area contributed by atoms with Crippen molar-refractivity contribution < 1.29 is 0 Å². The summed E-state index contributed by atoms with van der Waals surface area (Å²) in [4.78, 5) is 2.28. The van der Waals surface area contributed by atoms with Gasteiger partial charge in [-0.05, 0) is 32.1 Å². The van der Waals surface area contributed by atoms with Gasteiger partial charge >= 0.3 is 0 Å². The first-order valence-corrected chi connectivity index (χ1v) is 6.43. The Morgan fingerprint density at radius 2 is 2.22 bits per heavy atom. The van der Waals surface area contributed by atoms with E-state index in [2.05, 4.69) is 31.1 Å². The minimum absolute atomic E-state index is 0.805. The van der Waals surface area contributed by atoms with Gasteiger partial charge in [-0.2, -0.15) is 5.26 Å². The lowest BCUT2D eigenvalue weighted by Gasteiger charge is -2.15. The SMILES string of the molecule is CCCCN(C)Cc1cn2ccccc2c1C#N. The Hall–Kier alpha value is -1.79. The summed E-state index contributed by atoms with van der Waals surface area (Å²) in [6.45, 7) is 4.11. The molecule has 0 atom stereocenters. The molecule has 0 saturated carbocycles. The topological polar surface area (TPSA) is 31.4 Å². The van der Waals surface area contributed by atoms with Crippen molar-refractivity contribution in [2.45, 2.75) is 26.3 Å². The van der Waals surface area contributed by atoms with Crippen LogP contribution >= 0.6 is 0 Å². The van der Waals surface area contributed by atoms with Gasteiger partial charge in [0.15, 0.2) is 0 Å². The minimum Gasteiger partial charge on any atom is -0.322 e. The molecule has 0 aromatic carbocycles. The molecule has 0 spiro atoms. The average Bonchev–Trinajstić information content (AvgIpc) is 2.73. The highest BCUT2D eigenvalue weighted by Gasteiger charge is 2.11. The Morgan fingerprint density at radius 3 is 2.94 bits per heavy atom. The number of rotatable bonds is 5. The number of nitriles is 1. The third kappa shape index (κ3) is 2.55. The normalized spacial score (nSPS) is 11.0. The number of aromatic nitrogens is 1. The molecule has 0 unspecified atom stereocenters. The molecule has 0 aliphatic carbocycles. The molecule has 0 bridgehead atoms. The van der Waals surface area contributed by atoms with Crippen LogP contribution < -0.4 is 0 Å². The van der Waals surface area contributed by atoms with Gasteiger partial charge in [0.1, 0.15) is 6.07 Å². The van der Waals surface area contributed by atoms with Crippen LogP contribution in [0.15, 0.2) is 30.6 Å². The molecule has 0 amide bonds. The molecule has 2 aromatic heterocycles. The van der Waals surface area contributed by atoms with Crippen LogP contribution in [0.5, 0.6) is 0 Å². The summed E-state index contributed by atoms with van der Waals surface area (Å²) in [5.74, 6) is 0. The third-order valence-corrected chi connectivity index (χ3v) is 3.21. The van der Waals surface area contributed by atoms with Crippen molar-refractivity contribution in [1.82, 2.24) is 9.30 Å². The lowest BCUT2D eigenvalue weighted by Crippen LogP contribution is -2.19. The van der Waals surface area contributed by atoms with E-state index in [1.54, 1.807) is 0 Å². The molecule has 2 rings (SSSR count). The average molecular weight is 241 g/mol. The Kier molecular flexibility index (Phi) is 4.01. The molecule has 2 aromatic rings. The maximum atomic E-state index is 9.31. The van der Waals surface area contributed by atoms with Crippen molar-refractivity contribution in [3.63, 3.8) is 0 Å². The van der Waals surface area contributed by atoms with Gasteiger partial charge in [0.25, 0.3) is 0 Å². The van der Waals surface area contributed by atoms with Gasteiger partial charge in [-0.25, -0.2) is 0 Å².